The molecular formula is C7H11MgO2P. The van der Waals surface area contributed by atoms with Gasteiger partial charge in [0.05, 0.1) is 0 Å². The van der Waals surface area contributed by atoms with Crippen LogP contribution in [0.5, 0.6) is 5.75 Å². The van der Waals surface area contributed by atoms with Gasteiger partial charge in [-0.1, -0.05) is 17.7 Å². The second kappa shape index (κ2) is 5.64. The molecule has 0 amide bonds. The van der Waals surface area contributed by atoms with Crippen LogP contribution in [0.3, 0.4) is 0 Å². The van der Waals surface area contributed by atoms with Crippen molar-refractivity contribution in [3.8, 4) is 5.75 Å². The van der Waals surface area contributed by atoms with Crippen molar-refractivity contribution in [1.29, 1.82) is 0 Å². The molecule has 0 saturated heterocycles. The molecule has 58 valence electrons. The Morgan fingerprint density at radius 3 is 2.27 bits per heavy atom. The summed E-state index contributed by atoms with van der Waals surface area (Å²) in [5.74, 6) is 0.676. The van der Waals surface area contributed by atoms with E-state index < -0.39 is 8.69 Å². The normalized spacial score (nSPS) is 9.55. The molecule has 1 aromatic rings. The highest BCUT2D eigenvalue weighted by Gasteiger charge is 1.87. The Bertz CT molecular complexity index is 222. The fourth-order valence-corrected chi connectivity index (χ4v) is 0.941. The SMILES string of the molecule is Cc1ccc(O[PH2]=O)cc1.[MgH2]. The molecule has 0 N–H and O–H groups in total. The Hall–Kier alpha value is 0.0162. The molecule has 1 atom stereocenters. The minimum Gasteiger partial charge on any atom is -0.447 e. The van der Waals surface area contributed by atoms with Crippen LogP contribution in [-0.2, 0) is 4.57 Å². The van der Waals surface area contributed by atoms with Gasteiger partial charge in [-0.05, 0) is 19.1 Å². The molecule has 0 aromatic heterocycles. The molecule has 4 heteroatoms. The van der Waals surface area contributed by atoms with E-state index >= 15 is 0 Å². The van der Waals surface area contributed by atoms with Crippen molar-refractivity contribution in [2.75, 3.05) is 0 Å². The fraction of sp³-hybridized carbons (Fsp3) is 0.143. The molecule has 0 saturated carbocycles. The van der Waals surface area contributed by atoms with Crippen molar-refractivity contribution in [2.45, 2.75) is 6.92 Å². The minimum absolute atomic E-state index is 0. The summed E-state index contributed by atoms with van der Waals surface area (Å²) in [5.41, 5.74) is 1.17. The van der Waals surface area contributed by atoms with Gasteiger partial charge < -0.3 is 4.52 Å². The highest BCUT2D eigenvalue weighted by molar-refractivity contribution is 7.17. The maximum absolute atomic E-state index is 10.0. The van der Waals surface area contributed by atoms with Gasteiger partial charge in [0.2, 0.25) is 8.69 Å². The summed E-state index contributed by atoms with van der Waals surface area (Å²) in [6.07, 6.45) is 0. The zero-order valence-electron chi connectivity index (χ0n) is 5.70. The highest BCUT2D eigenvalue weighted by Crippen LogP contribution is 2.14. The van der Waals surface area contributed by atoms with E-state index in [9.17, 15) is 4.57 Å². The van der Waals surface area contributed by atoms with Crippen molar-refractivity contribution in [3.05, 3.63) is 29.8 Å². The topological polar surface area (TPSA) is 26.3 Å². The van der Waals surface area contributed by atoms with E-state index in [4.69, 9.17) is 4.52 Å². The Morgan fingerprint density at radius 1 is 1.27 bits per heavy atom. The predicted molar refractivity (Wildman–Crippen MR) is 50.7 cm³/mol. The van der Waals surface area contributed by atoms with Crippen molar-refractivity contribution in [2.24, 2.45) is 0 Å². The van der Waals surface area contributed by atoms with E-state index in [2.05, 4.69) is 0 Å². The zero-order chi connectivity index (χ0) is 7.40. The van der Waals surface area contributed by atoms with Crippen LogP contribution in [0.25, 0.3) is 0 Å². The van der Waals surface area contributed by atoms with Crippen LogP contribution < -0.4 is 4.52 Å². The first-order chi connectivity index (χ1) is 4.83. The van der Waals surface area contributed by atoms with Gasteiger partial charge in [0, 0.05) is 0 Å². The Labute approximate surface area is 83.4 Å². The summed E-state index contributed by atoms with van der Waals surface area (Å²) in [4.78, 5) is 0. The van der Waals surface area contributed by atoms with E-state index in [1.807, 2.05) is 19.1 Å². The average molecular weight is 182 g/mol. The smallest absolute Gasteiger partial charge is 0.316 e. The summed E-state index contributed by atoms with van der Waals surface area (Å²) in [7, 11) is -1.13. The summed E-state index contributed by atoms with van der Waals surface area (Å²) >= 11 is 0. The van der Waals surface area contributed by atoms with E-state index in [1.54, 1.807) is 12.1 Å². The van der Waals surface area contributed by atoms with Crippen molar-refractivity contribution < 1.29 is 9.09 Å². The number of rotatable bonds is 2. The number of aryl methyl sites for hydroxylation is 1. The van der Waals surface area contributed by atoms with Gasteiger partial charge in [-0.25, -0.2) is 0 Å². The van der Waals surface area contributed by atoms with Crippen LogP contribution in [0.1, 0.15) is 5.56 Å². The maximum Gasteiger partial charge on any atom is 0.316 e. The van der Waals surface area contributed by atoms with Crippen LogP contribution in [0.15, 0.2) is 24.3 Å². The monoisotopic (exact) mass is 182 g/mol. The Balaban J connectivity index is 0.000001000. The number of hydrogen-bond acceptors (Lipinski definition) is 2. The standard InChI is InChI=1S/C7H9O2P.Mg.2H/c1-6-2-4-7(5-3-6)9-10-8;;;/h2-5H,10H2,1H3;;;. The largest absolute Gasteiger partial charge is 0.447 e. The molecule has 0 aliphatic heterocycles. The van der Waals surface area contributed by atoms with Crippen molar-refractivity contribution >= 4 is 31.7 Å². The summed E-state index contributed by atoms with van der Waals surface area (Å²) in [6.45, 7) is 1.99. The van der Waals surface area contributed by atoms with Crippen LogP contribution in [0, 0.1) is 6.92 Å². The first-order valence-electron chi connectivity index (χ1n) is 3.00. The quantitative estimate of drug-likeness (QED) is 0.506. The number of hydrogen-bond donors (Lipinski definition) is 0. The van der Waals surface area contributed by atoms with Gasteiger partial charge in [0.1, 0.15) is 5.75 Å². The fourth-order valence-electron chi connectivity index (χ4n) is 0.672. The summed E-state index contributed by atoms with van der Waals surface area (Å²) < 4.78 is 14.8. The Kier molecular flexibility index (Phi) is 5.65. The van der Waals surface area contributed by atoms with Gasteiger partial charge in [-0.2, -0.15) is 0 Å². The van der Waals surface area contributed by atoms with Gasteiger partial charge >= 0.3 is 23.1 Å². The van der Waals surface area contributed by atoms with Gasteiger partial charge in [0.25, 0.3) is 0 Å². The molecule has 0 bridgehead atoms. The molecule has 0 spiro atoms. The second-order valence-corrected chi connectivity index (χ2v) is 2.46. The lowest BCUT2D eigenvalue weighted by atomic mass is 10.2. The number of benzene rings is 1. The molecule has 0 fully saturated rings. The lowest BCUT2D eigenvalue weighted by Crippen LogP contribution is -1.74. The highest BCUT2D eigenvalue weighted by atomic mass is 31.1. The first kappa shape index (κ1) is 11.0. The molecule has 1 rings (SSSR count). The zero-order valence-corrected chi connectivity index (χ0v) is 6.86. The van der Waals surface area contributed by atoms with Gasteiger partial charge in [-0.3, -0.25) is 4.57 Å². The van der Waals surface area contributed by atoms with Crippen molar-refractivity contribution in [3.63, 3.8) is 0 Å². The summed E-state index contributed by atoms with van der Waals surface area (Å²) in [6, 6.07) is 7.45. The summed E-state index contributed by atoms with van der Waals surface area (Å²) in [5, 5.41) is 0. The molecule has 0 aliphatic carbocycles. The van der Waals surface area contributed by atoms with Gasteiger partial charge in [-0.15, -0.1) is 0 Å². The third-order valence-corrected chi connectivity index (χ3v) is 1.57. The molecule has 1 unspecified atom stereocenters. The van der Waals surface area contributed by atoms with Crippen LogP contribution >= 0.6 is 8.69 Å². The molecule has 0 heterocycles. The predicted octanol–water partition coefficient (Wildman–Crippen LogP) is 1.13. The Morgan fingerprint density at radius 2 is 1.82 bits per heavy atom. The molecule has 11 heavy (non-hydrogen) atoms. The van der Waals surface area contributed by atoms with E-state index in [-0.39, 0.29) is 23.1 Å². The van der Waals surface area contributed by atoms with Crippen LogP contribution in [-0.4, -0.2) is 23.1 Å². The van der Waals surface area contributed by atoms with Gasteiger partial charge in [0.15, 0.2) is 0 Å². The molecule has 1 aromatic carbocycles. The lowest BCUT2D eigenvalue weighted by molar-refractivity contribution is 0.525. The molecule has 2 nitrogen and oxygen atoms in total. The third kappa shape index (κ3) is 3.80. The van der Waals surface area contributed by atoms with E-state index in [0.29, 0.717) is 5.75 Å². The molecular weight excluding hydrogens is 171 g/mol. The lowest BCUT2D eigenvalue weighted by Gasteiger charge is -1.96. The van der Waals surface area contributed by atoms with E-state index in [0.717, 1.165) is 0 Å². The first-order valence-corrected chi connectivity index (χ1v) is 3.94. The van der Waals surface area contributed by atoms with Crippen molar-refractivity contribution in [1.82, 2.24) is 0 Å². The van der Waals surface area contributed by atoms with Crippen LogP contribution in [0.4, 0.5) is 0 Å². The maximum atomic E-state index is 10.0. The average Bonchev–Trinajstić information content (AvgIpc) is 1.95. The van der Waals surface area contributed by atoms with E-state index in [1.165, 1.54) is 5.56 Å². The molecule has 0 aliphatic rings. The second-order valence-electron chi connectivity index (χ2n) is 2.03. The molecule has 0 radical (unpaired) electrons. The minimum atomic E-state index is -1.13. The van der Waals surface area contributed by atoms with Crippen LogP contribution in [0.2, 0.25) is 0 Å². The third-order valence-electron chi connectivity index (χ3n) is 1.21.